The molecule has 32 heavy (non-hydrogen) atoms. The van der Waals surface area contributed by atoms with Gasteiger partial charge in [-0.25, -0.2) is 9.37 Å². The maximum Gasteiger partial charge on any atom is 0.301 e. The molecule has 0 spiro atoms. The van der Waals surface area contributed by atoms with Crippen molar-refractivity contribution in [2.45, 2.75) is 6.04 Å². The number of carbonyl (C=O) groups is 2. The standard InChI is InChI=1S/C24H14BrFN2O3S/c25-15-8-11-17-18(12-15)32-24(27-17)28-20(13-6-9-16(26)10-7-13)19(22(30)23(28)31)21(29)14-4-2-1-3-5-14/h1-12,20,29H/t20-/m0/s1. The van der Waals surface area contributed by atoms with Crippen molar-refractivity contribution in [1.82, 2.24) is 4.98 Å². The van der Waals surface area contributed by atoms with Gasteiger partial charge in [-0.15, -0.1) is 0 Å². The summed E-state index contributed by atoms with van der Waals surface area (Å²) in [7, 11) is 0. The molecule has 1 amide bonds. The second-order valence-electron chi connectivity index (χ2n) is 7.20. The van der Waals surface area contributed by atoms with Crippen LogP contribution in [0.25, 0.3) is 16.0 Å². The fraction of sp³-hybridized carbons (Fsp3) is 0.0417. The molecule has 1 saturated heterocycles. The Morgan fingerprint density at radius 1 is 1.03 bits per heavy atom. The average Bonchev–Trinajstić information content (AvgIpc) is 3.32. The maximum absolute atomic E-state index is 13.6. The first-order valence-corrected chi connectivity index (χ1v) is 11.2. The van der Waals surface area contributed by atoms with Crippen LogP contribution in [0.15, 0.2) is 82.8 Å². The zero-order valence-electron chi connectivity index (χ0n) is 16.3. The molecule has 1 aromatic heterocycles. The van der Waals surface area contributed by atoms with Crippen LogP contribution in [-0.2, 0) is 9.59 Å². The first-order chi connectivity index (χ1) is 15.4. The summed E-state index contributed by atoms with van der Waals surface area (Å²) in [6, 6.07) is 18.6. The van der Waals surface area contributed by atoms with Gasteiger partial charge in [0.05, 0.1) is 21.8 Å². The summed E-state index contributed by atoms with van der Waals surface area (Å²) >= 11 is 4.68. The number of aliphatic hydroxyl groups is 1. The van der Waals surface area contributed by atoms with Gasteiger partial charge >= 0.3 is 5.91 Å². The van der Waals surface area contributed by atoms with Gasteiger partial charge in [-0.2, -0.15) is 0 Å². The van der Waals surface area contributed by atoms with Crippen LogP contribution >= 0.6 is 27.3 Å². The van der Waals surface area contributed by atoms with Crippen molar-refractivity contribution < 1.29 is 19.1 Å². The summed E-state index contributed by atoms with van der Waals surface area (Å²) in [6.45, 7) is 0. The molecule has 8 heteroatoms. The molecule has 0 bridgehead atoms. The summed E-state index contributed by atoms with van der Waals surface area (Å²) in [5, 5.41) is 11.3. The molecule has 0 radical (unpaired) electrons. The number of thiazole rings is 1. The molecule has 1 aliphatic rings. The van der Waals surface area contributed by atoms with Gasteiger partial charge in [0, 0.05) is 10.0 Å². The Labute approximate surface area is 194 Å². The number of nitrogens with zero attached hydrogens (tertiary/aromatic N) is 2. The molecular formula is C24H14BrFN2O3S. The molecule has 1 N–H and O–H groups in total. The molecule has 1 fully saturated rings. The van der Waals surface area contributed by atoms with Crippen LogP contribution < -0.4 is 4.90 Å². The molecule has 0 unspecified atom stereocenters. The van der Waals surface area contributed by atoms with E-state index in [1.165, 1.54) is 40.5 Å². The molecule has 1 atom stereocenters. The fourth-order valence-corrected chi connectivity index (χ4v) is 5.28. The minimum absolute atomic E-state index is 0.0618. The van der Waals surface area contributed by atoms with Crippen molar-refractivity contribution in [3.63, 3.8) is 0 Å². The predicted octanol–water partition coefficient (Wildman–Crippen LogP) is 5.82. The molecule has 2 heterocycles. The van der Waals surface area contributed by atoms with E-state index in [-0.39, 0.29) is 11.3 Å². The Morgan fingerprint density at radius 2 is 1.75 bits per heavy atom. The smallest absolute Gasteiger partial charge is 0.301 e. The van der Waals surface area contributed by atoms with Gasteiger partial charge in [-0.1, -0.05) is 69.7 Å². The van der Waals surface area contributed by atoms with E-state index in [4.69, 9.17) is 0 Å². The number of benzene rings is 3. The highest BCUT2D eigenvalue weighted by molar-refractivity contribution is 9.10. The highest BCUT2D eigenvalue weighted by Crippen LogP contribution is 2.44. The van der Waals surface area contributed by atoms with E-state index in [9.17, 15) is 19.1 Å². The predicted molar refractivity (Wildman–Crippen MR) is 125 cm³/mol. The number of amides is 1. The van der Waals surface area contributed by atoms with Gasteiger partial charge in [-0.3, -0.25) is 14.5 Å². The number of hydrogen-bond acceptors (Lipinski definition) is 5. The van der Waals surface area contributed by atoms with Gasteiger partial charge in [0.1, 0.15) is 11.6 Å². The van der Waals surface area contributed by atoms with E-state index < -0.39 is 23.5 Å². The van der Waals surface area contributed by atoms with Gasteiger partial charge in [-0.05, 0) is 35.9 Å². The molecule has 1 aliphatic heterocycles. The molecule has 3 aromatic carbocycles. The van der Waals surface area contributed by atoms with Gasteiger partial charge in [0.25, 0.3) is 5.78 Å². The highest BCUT2D eigenvalue weighted by Gasteiger charge is 2.48. The minimum Gasteiger partial charge on any atom is -0.507 e. The Hall–Kier alpha value is -3.36. The summed E-state index contributed by atoms with van der Waals surface area (Å²) < 4.78 is 15.3. The lowest BCUT2D eigenvalue weighted by Crippen LogP contribution is -2.29. The second-order valence-corrected chi connectivity index (χ2v) is 9.12. The lowest BCUT2D eigenvalue weighted by molar-refractivity contribution is -0.132. The van der Waals surface area contributed by atoms with Crippen molar-refractivity contribution in [2.75, 3.05) is 4.90 Å². The minimum atomic E-state index is -0.945. The van der Waals surface area contributed by atoms with E-state index in [0.29, 0.717) is 21.8 Å². The first-order valence-electron chi connectivity index (χ1n) is 9.62. The van der Waals surface area contributed by atoms with Crippen molar-refractivity contribution in [3.05, 3.63) is 99.8 Å². The third-order valence-corrected chi connectivity index (χ3v) is 6.73. The van der Waals surface area contributed by atoms with Crippen molar-refractivity contribution >= 4 is 60.1 Å². The zero-order chi connectivity index (χ0) is 22.4. The van der Waals surface area contributed by atoms with Crippen LogP contribution in [0.2, 0.25) is 0 Å². The summed E-state index contributed by atoms with van der Waals surface area (Å²) in [5.41, 5.74) is 1.51. The Kier molecular flexibility index (Phi) is 5.11. The SMILES string of the molecule is O=C1C(=O)N(c2nc3ccc(Br)cc3s2)[C@@H](c2ccc(F)cc2)C1=C(O)c1ccccc1. The lowest BCUT2D eigenvalue weighted by Gasteiger charge is -2.22. The van der Waals surface area contributed by atoms with Crippen LogP contribution in [0.4, 0.5) is 9.52 Å². The maximum atomic E-state index is 13.6. The Bertz CT molecular complexity index is 1400. The summed E-state index contributed by atoms with van der Waals surface area (Å²) in [4.78, 5) is 32.1. The number of anilines is 1. The van der Waals surface area contributed by atoms with Crippen molar-refractivity contribution in [3.8, 4) is 0 Å². The average molecular weight is 509 g/mol. The monoisotopic (exact) mass is 508 g/mol. The third-order valence-electron chi connectivity index (χ3n) is 5.22. The van der Waals surface area contributed by atoms with E-state index in [0.717, 1.165) is 9.17 Å². The largest absolute Gasteiger partial charge is 0.507 e. The van der Waals surface area contributed by atoms with E-state index >= 15 is 0 Å². The summed E-state index contributed by atoms with van der Waals surface area (Å²) in [6.07, 6.45) is 0. The lowest BCUT2D eigenvalue weighted by atomic mass is 9.95. The highest BCUT2D eigenvalue weighted by atomic mass is 79.9. The van der Waals surface area contributed by atoms with Crippen LogP contribution in [0.5, 0.6) is 0 Å². The van der Waals surface area contributed by atoms with Gasteiger partial charge in [0.15, 0.2) is 5.13 Å². The third kappa shape index (κ3) is 3.41. The zero-order valence-corrected chi connectivity index (χ0v) is 18.7. The summed E-state index contributed by atoms with van der Waals surface area (Å²) in [5.74, 6) is -2.35. The van der Waals surface area contributed by atoms with Gasteiger partial charge in [0.2, 0.25) is 0 Å². The number of carbonyl (C=O) groups excluding carboxylic acids is 2. The molecule has 158 valence electrons. The van der Waals surface area contributed by atoms with Crippen molar-refractivity contribution in [2.24, 2.45) is 0 Å². The molecule has 5 rings (SSSR count). The van der Waals surface area contributed by atoms with E-state index in [1.54, 1.807) is 30.3 Å². The number of Topliss-reactive ketones (excluding diaryl/α,β-unsaturated/α-hetero) is 1. The van der Waals surface area contributed by atoms with E-state index in [2.05, 4.69) is 20.9 Å². The fourth-order valence-electron chi connectivity index (χ4n) is 3.73. The Morgan fingerprint density at radius 3 is 2.47 bits per heavy atom. The van der Waals surface area contributed by atoms with Gasteiger partial charge < -0.3 is 5.11 Å². The molecular weight excluding hydrogens is 495 g/mol. The molecule has 0 saturated carbocycles. The quantitative estimate of drug-likeness (QED) is 0.215. The van der Waals surface area contributed by atoms with Crippen LogP contribution in [0.3, 0.4) is 0 Å². The van der Waals surface area contributed by atoms with Crippen LogP contribution in [-0.4, -0.2) is 21.8 Å². The molecule has 4 aromatic rings. The van der Waals surface area contributed by atoms with Crippen LogP contribution in [0.1, 0.15) is 17.2 Å². The molecule has 5 nitrogen and oxygen atoms in total. The number of rotatable bonds is 3. The normalized spacial score (nSPS) is 17.9. The number of fused-ring (bicyclic) bond motifs is 1. The van der Waals surface area contributed by atoms with E-state index in [1.807, 2.05) is 18.2 Å². The molecule has 0 aliphatic carbocycles. The first kappa shape index (κ1) is 20.5. The topological polar surface area (TPSA) is 70.5 Å². The number of hydrogen-bond donors (Lipinski definition) is 1. The number of aromatic nitrogens is 1. The number of halogens is 2. The van der Waals surface area contributed by atoms with Crippen molar-refractivity contribution in [1.29, 1.82) is 0 Å². The number of ketones is 1. The number of aliphatic hydroxyl groups excluding tert-OH is 1. The second kappa shape index (κ2) is 7.96. The van der Waals surface area contributed by atoms with Crippen LogP contribution in [0, 0.1) is 5.82 Å². The Balaban J connectivity index is 1.73.